The van der Waals surface area contributed by atoms with Gasteiger partial charge in [0.25, 0.3) is 0 Å². The first kappa shape index (κ1) is 25.4. The summed E-state index contributed by atoms with van der Waals surface area (Å²) in [5.74, 6) is 1.16. The first-order valence-electron chi connectivity index (χ1n) is 14.7. The van der Waals surface area contributed by atoms with Crippen molar-refractivity contribution in [2.75, 3.05) is 13.6 Å². The van der Waals surface area contributed by atoms with Crippen LogP contribution in [0, 0.1) is 19.3 Å². The van der Waals surface area contributed by atoms with Crippen LogP contribution < -0.4 is 4.74 Å². The average molecular weight is 507 g/mol. The van der Waals surface area contributed by atoms with E-state index in [1.54, 1.807) is 0 Å². The van der Waals surface area contributed by atoms with Crippen molar-refractivity contribution in [3.63, 3.8) is 0 Å². The highest BCUT2D eigenvalue weighted by Gasteiger charge is 2.70. The minimum atomic E-state index is 0.00201. The van der Waals surface area contributed by atoms with Crippen molar-refractivity contribution in [2.45, 2.75) is 85.3 Å². The first-order valence-corrected chi connectivity index (χ1v) is 14.7. The number of nitrogens with zero attached hydrogens (tertiary/aromatic N) is 2. The van der Waals surface area contributed by atoms with Gasteiger partial charge in [-0.15, -0.1) is 0 Å². The van der Waals surface area contributed by atoms with Crippen molar-refractivity contribution < 1.29 is 4.74 Å². The van der Waals surface area contributed by atoms with Crippen molar-refractivity contribution in [1.82, 2.24) is 9.88 Å². The number of likely N-dealkylation sites (tertiary alicyclic amines) is 1. The largest absolute Gasteiger partial charge is 0.483 e. The molecule has 3 aromatic carbocycles. The molecule has 0 unspecified atom stereocenters. The summed E-state index contributed by atoms with van der Waals surface area (Å²) in [5.41, 5.74) is 9.56. The SMILES string of the molecule is CC.CC.Cc1ccc2c3c1O[C@H]1c4nc5cc6ccccc6cc5c(C)c4C[C@@]4(C)[C@@H](C2)N(C)CC[C@]314. The maximum atomic E-state index is 7.05. The van der Waals surface area contributed by atoms with Crippen LogP contribution in [0.15, 0.2) is 48.5 Å². The van der Waals surface area contributed by atoms with Crippen LogP contribution in [0.4, 0.5) is 0 Å². The fourth-order valence-electron chi connectivity index (χ4n) is 8.44. The molecular weight excluding hydrogens is 464 g/mol. The highest BCUT2D eigenvalue weighted by molar-refractivity contribution is 5.98. The second kappa shape index (κ2) is 8.81. The maximum Gasteiger partial charge on any atom is 0.151 e. The molecule has 4 aliphatic rings. The van der Waals surface area contributed by atoms with Crippen LogP contribution in [-0.4, -0.2) is 29.5 Å². The summed E-state index contributed by atoms with van der Waals surface area (Å²) in [5, 5.41) is 3.84. The summed E-state index contributed by atoms with van der Waals surface area (Å²) in [6.45, 7) is 16.2. The van der Waals surface area contributed by atoms with E-state index in [-0.39, 0.29) is 16.9 Å². The number of hydrogen-bond acceptors (Lipinski definition) is 3. The molecule has 1 aromatic heterocycles. The number of hydrogen-bond donors (Lipinski definition) is 0. The van der Waals surface area contributed by atoms with Crippen LogP contribution in [0.3, 0.4) is 0 Å². The van der Waals surface area contributed by atoms with Gasteiger partial charge in [-0.25, -0.2) is 4.98 Å². The number of likely N-dealkylation sites (N-methyl/N-ethyl adjacent to an activating group) is 1. The number of ether oxygens (including phenoxy) is 1. The van der Waals surface area contributed by atoms with Crippen molar-refractivity contribution in [3.8, 4) is 5.75 Å². The number of benzene rings is 3. The normalized spacial score (nSPS) is 27.9. The Hall–Kier alpha value is -2.91. The Morgan fingerprint density at radius 2 is 1.68 bits per heavy atom. The number of pyridine rings is 1. The van der Waals surface area contributed by atoms with E-state index in [1.165, 1.54) is 49.7 Å². The number of aryl methyl sites for hydroxylation is 2. The zero-order valence-corrected chi connectivity index (χ0v) is 24.4. The summed E-state index contributed by atoms with van der Waals surface area (Å²) in [4.78, 5) is 8.05. The Bertz CT molecular complexity index is 1570. The van der Waals surface area contributed by atoms with Crippen LogP contribution in [0.2, 0.25) is 0 Å². The number of aromatic nitrogens is 1. The average Bonchev–Trinajstić information content (AvgIpc) is 3.30. The number of rotatable bonds is 0. The fourth-order valence-corrected chi connectivity index (χ4v) is 8.44. The van der Waals surface area contributed by atoms with Gasteiger partial charge in [-0.1, -0.05) is 71.0 Å². The van der Waals surface area contributed by atoms with E-state index in [4.69, 9.17) is 9.72 Å². The zero-order valence-electron chi connectivity index (χ0n) is 24.4. The van der Waals surface area contributed by atoms with Crippen molar-refractivity contribution in [1.29, 1.82) is 0 Å². The lowest BCUT2D eigenvalue weighted by molar-refractivity contribution is -0.0910. The van der Waals surface area contributed by atoms with Gasteiger partial charge in [0.1, 0.15) is 5.75 Å². The van der Waals surface area contributed by atoms with E-state index in [0.717, 1.165) is 37.1 Å². The molecule has 1 saturated heterocycles. The van der Waals surface area contributed by atoms with Crippen LogP contribution in [0.25, 0.3) is 21.7 Å². The molecule has 0 amide bonds. The van der Waals surface area contributed by atoms with Crippen LogP contribution in [-0.2, 0) is 18.3 Å². The molecule has 1 fully saturated rings. The van der Waals surface area contributed by atoms with Gasteiger partial charge in [-0.2, -0.15) is 0 Å². The Balaban J connectivity index is 0.000000633. The molecule has 3 heterocycles. The van der Waals surface area contributed by atoms with Gasteiger partial charge in [0.05, 0.1) is 16.6 Å². The lowest BCUT2D eigenvalue weighted by Crippen LogP contribution is -2.68. The number of piperidine rings is 1. The number of fused-ring (bicyclic) bond motifs is 4. The van der Waals surface area contributed by atoms with Crippen molar-refractivity contribution >= 4 is 21.7 Å². The Morgan fingerprint density at radius 3 is 2.42 bits per heavy atom. The van der Waals surface area contributed by atoms with Gasteiger partial charge in [0, 0.05) is 22.4 Å². The predicted molar refractivity (Wildman–Crippen MR) is 159 cm³/mol. The van der Waals surface area contributed by atoms with Crippen molar-refractivity contribution in [2.24, 2.45) is 5.41 Å². The molecule has 38 heavy (non-hydrogen) atoms. The van der Waals surface area contributed by atoms with E-state index in [0.29, 0.717) is 6.04 Å². The molecule has 4 atom stereocenters. The topological polar surface area (TPSA) is 25.4 Å². The molecule has 3 heteroatoms. The van der Waals surface area contributed by atoms with E-state index < -0.39 is 0 Å². The maximum absolute atomic E-state index is 7.05. The lowest BCUT2D eigenvalue weighted by atomic mass is 9.44. The monoisotopic (exact) mass is 506 g/mol. The van der Waals surface area contributed by atoms with Gasteiger partial charge in [0.2, 0.25) is 0 Å². The minimum Gasteiger partial charge on any atom is -0.483 e. The molecule has 0 N–H and O–H groups in total. The molecule has 0 radical (unpaired) electrons. The lowest BCUT2D eigenvalue weighted by Gasteiger charge is -2.64. The first-order chi connectivity index (χ1) is 18.4. The summed E-state index contributed by atoms with van der Waals surface area (Å²) in [6, 6.07) is 18.5. The summed E-state index contributed by atoms with van der Waals surface area (Å²) >= 11 is 0. The van der Waals surface area contributed by atoms with E-state index >= 15 is 0 Å². The smallest absolute Gasteiger partial charge is 0.151 e. The molecular formula is C35H42N2O. The fraction of sp³-hybridized carbons (Fsp3) is 0.457. The standard InChI is InChI=1S/C31H30N2O.2C2H6/c1-17-9-10-21-15-25-30(3)16-23-18(2)22-13-19-7-5-6-8-20(19)14-24(22)32-27(23)29-31(30,11-12-33(25)4)26(21)28(17)34-29;2*1-2/h5-10,13-14,25,29H,11-12,15-16H2,1-4H3;2*1-2H3/t25-,29+,30+,31+;;/m1../s1. The van der Waals surface area contributed by atoms with Gasteiger partial charge in [-0.3, -0.25) is 0 Å². The molecule has 2 aliphatic carbocycles. The van der Waals surface area contributed by atoms with Crippen LogP contribution in [0.5, 0.6) is 5.75 Å². The molecule has 2 aliphatic heterocycles. The Morgan fingerprint density at radius 1 is 0.974 bits per heavy atom. The van der Waals surface area contributed by atoms with Crippen LogP contribution in [0.1, 0.15) is 80.7 Å². The van der Waals surface area contributed by atoms with Crippen molar-refractivity contribution in [3.05, 3.63) is 82.0 Å². The van der Waals surface area contributed by atoms with E-state index in [9.17, 15) is 0 Å². The summed E-state index contributed by atoms with van der Waals surface area (Å²) in [7, 11) is 2.33. The zero-order chi connectivity index (χ0) is 27.0. The molecule has 2 bridgehead atoms. The van der Waals surface area contributed by atoms with Gasteiger partial charge in [-0.05, 0) is 91.9 Å². The van der Waals surface area contributed by atoms with E-state index in [2.05, 4.69) is 81.2 Å². The molecule has 8 rings (SSSR count). The Labute approximate surface area is 228 Å². The highest BCUT2D eigenvalue weighted by Crippen LogP contribution is 2.71. The highest BCUT2D eigenvalue weighted by atomic mass is 16.5. The van der Waals surface area contributed by atoms with Gasteiger partial charge >= 0.3 is 0 Å². The van der Waals surface area contributed by atoms with Gasteiger partial charge < -0.3 is 9.64 Å². The van der Waals surface area contributed by atoms with Crippen LogP contribution >= 0.6 is 0 Å². The molecule has 198 valence electrons. The summed E-state index contributed by atoms with van der Waals surface area (Å²) < 4.78 is 7.05. The predicted octanol–water partition coefficient (Wildman–Crippen LogP) is 8.25. The van der Waals surface area contributed by atoms with E-state index in [1.807, 2.05) is 27.7 Å². The molecule has 4 aromatic rings. The third-order valence-corrected chi connectivity index (χ3v) is 10.2. The third-order valence-electron chi connectivity index (χ3n) is 10.2. The molecule has 3 nitrogen and oxygen atoms in total. The second-order valence-corrected chi connectivity index (χ2v) is 11.6. The quantitative estimate of drug-likeness (QED) is 0.225. The third kappa shape index (κ3) is 2.97. The summed E-state index contributed by atoms with van der Waals surface area (Å²) in [6.07, 6.45) is 3.33. The molecule has 0 saturated carbocycles. The molecule has 1 spiro atoms. The second-order valence-electron chi connectivity index (χ2n) is 11.6. The Kier molecular flexibility index (Phi) is 5.88. The minimum absolute atomic E-state index is 0.00201. The van der Waals surface area contributed by atoms with Gasteiger partial charge in [0.15, 0.2) is 6.10 Å².